The zero-order valence-electron chi connectivity index (χ0n) is 14.8. The van der Waals surface area contributed by atoms with Gasteiger partial charge in [0, 0.05) is 51.9 Å². The number of benzene rings is 1. The summed E-state index contributed by atoms with van der Waals surface area (Å²) < 4.78 is 1.79. The summed E-state index contributed by atoms with van der Waals surface area (Å²) >= 11 is 0. The molecule has 1 aromatic carbocycles. The van der Waals surface area contributed by atoms with Gasteiger partial charge in [0.25, 0.3) is 0 Å². The van der Waals surface area contributed by atoms with Crippen LogP contribution in [0.3, 0.4) is 0 Å². The molecule has 134 valence electrons. The van der Waals surface area contributed by atoms with Crippen LogP contribution in [0.4, 0.5) is 0 Å². The van der Waals surface area contributed by atoms with Crippen LogP contribution in [-0.2, 0) is 18.3 Å². The minimum atomic E-state index is -0.0495. The van der Waals surface area contributed by atoms with Crippen LogP contribution in [0.25, 0.3) is 0 Å². The smallest absolute Gasteiger partial charge is 0.227 e. The fourth-order valence-corrected chi connectivity index (χ4v) is 3.55. The Morgan fingerprint density at radius 3 is 2.80 bits per heavy atom. The highest BCUT2D eigenvalue weighted by Gasteiger charge is 2.36. The van der Waals surface area contributed by atoms with Crippen molar-refractivity contribution < 1.29 is 4.79 Å². The van der Waals surface area contributed by atoms with Crippen molar-refractivity contribution in [2.45, 2.75) is 12.3 Å². The maximum Gasteiger partial charge on any atom is 0.227 e. The Morgan fingerprint density at radius 1 is 1.32 bits per heavy atom. The molecule has 6 heteroatoms. The molecule has 1 saturated heterocycles. The molecule has 2 atom stereocenters. The van der Waals surface area contributed by atoms with Crippen molar-refractivity contribution >= 4 is 5.91 Å². The number of nitrogens with one attached hydrogen (secondary N) is 1. The van der Waals surface area contributed by atoms with Gasteiger partial charge in [0.15, 0.2) is 0 Å². The summed E-state index contributed by atoms with van der Waals surface area (Å²) in [5, 5.41) is 7.62. The molecule has 2 heterocycles. The number of hydrogen-bond donors (Lipinski definition) is 2. The number of nitrogens with two attached hydrogens (primary N) is 1. The van der Waals surface area contributed by atoms with Crippen LogP contribution in [0.2, 0.25) is 0 Å². The van der Waals surface area contributed by atoms with Crippen molar-refractivity contribution in [3.05, 3.63) is 53.9 Å². The summed E-state index contributed by atoms with van der Waals surface area (Å²) in [6.45, 7) is 3.32. The fraction of sp³-hybridized carbons (Fsp3) is 0.474. The first-order valence-corrected chi connectivity index (χ1v) is 8.91. The first-order chi connectivity index (χ1) is 12.2. The van der Waals surface area contributed by atoms with E-state index in [0.717, 1.165) is 18.5 Å². The van der Waals surface area contributed by atoms with Gasteiger partial charge in [-0.25, -0.2) is 0 Å². The summed E-state index contributed by atoms with van der Waals surface area (Å²) in [5.41, 5.74) is 8.13. The highest BCUT2D eigenvalue weighted by atomic mass is 16.2. The van der Waals surface area contributed by atoms with E-state index >= 15 is 0 Å². The number of hydrogen-bond acceptors (Lipinski definition) is 4. The van der Waals surface area contributed by atoms with E-state index in [-0.39, 0.29) is 17.7 Å². The van der Waals surface area contributed by atoms with Gasteiger partial charge in [0.1, 0.15) is 0 Å². The molecule has 3 rings (SSSR count). The molecular weight excluding hydrogens is 314 g/mol. The highest BCUT2D eigenvalue weighted by molar-refractivity contribution is 5.80. The zero-order valence-corrected chi connectivity index (χ0v) is 14.8. The number of amides is 1. The Balaban J connectivity index is 1.68. The van der Waals surface area contributed by atoms with Gasteiger partial charge in [-0.05, 0) is 17.5 Å². The number of rotatable bonds is 7. The fourth-order valence-electron chi connectivity index (χ4n) is 3.55. The van der Waals surface area contributed by atoms with E-state index in [1.54, 1.807) is 4.68 Å². The van der Waals surface area contributed by atoms with E-state index in [9.17, 15) is 4.79 Å². The topological polar surface area (TPSA) is 76.2 Å². The van der Waals surface area contributed by atoms with Crippen LogP contribution in [0.1, 0.15) is 17.0 Å². The number of aryl methyl sites for hydroxylation is 1. The Morgan fingerprint density at radius 2 is 2.12 bits per heavy atom. The predicted octanol–water partition coefficient (Wildman–Crippen LogP) is 0.753. The van der Waals surface area contributed by atoms with Gasteiger partial charge in [-0.2, -0.15) is 5.10 Å². The van der Waals surface area contributed by atoms with Gasteiger partial charge >= 0.3 is 0 Å². The molecule has 6 nitrogen and oxygen atoms in total. The Labute approximate surface area is 149 Å². The third kappa shape index (κ3) is 4.27. The van der Waals surface area contributed by atoms with Crippen LogP contribution >= 0.6 is 0 Å². The normalized spacial score (nSPS) is 19.9. The van der Waals surface area contributed by atoms with Crippen LogP contribution in [0, 0.1) is 5.92 Å². The van der Waals surface area contributed by atoms with Crippen molar-refractivity contribution in [3.63, 3.8) is 0 Å². The third-order valence-electron chi connectivity index (χ3n) is 4.91. The van der Waals surface area contributed by atoms with Gasteiger partial charge in [0.2, 0.25) is 5.91 Å². The largest absolute Gasteiger partial charge is 0.341 e. The molecule has 3 N–H and O–H groups in total. The van der Waals surface area contributed by atoms with Crippen LogP contribution in [-0.4, -0.2) is 53.3 Å². The van der Waals surface area contributed by atoms with Crippen LogP contribution in [0.5, 0.6) is 0 Å². The lowest BCUT2D eigenvalue weighted by Gasteiger charge is -2.27. The number of aromatic nitrogens is 2. The summed E-state index contributed by atoms with van der Waals surface area (Å²) in [4.78, 5) is 15.1. The predicted molar refractivity (Wildman–Crippen MR) is 98.1 cm³/mol. The Bertz CT molecular complexity index is 684. The SMILES string of the molecule is Cn1cc([C@H]2CNC[C@@H]2C(=O)N(CCN)CCc2ccccc2)cn1. The molecule has 1 fully saturated rings. The highest BCUT2D eigenvalue weighted by Crippen LogP contribution is 2.29. The van der Waals surface area contributed by atoms with Gasteiger partial charge in [-0.1, -0.05) is 30.3 Å². The maximum atomic E-state index is 13.2. The quantitative estimate of drug-likeness (QED) is 0.779. The van der Waals surface area contributed by atoms with Crippen molar-refractivity contribution in [1.82, 2.24) is 20.0 Å². The average Bonchev–Trinajstić information content (AvgIpc) is 3.27. The van der Waals surface area contributed by atoms with E-state index in [1.165, 1.54) is 5.56 Å². The molecule has 1 amide bonds. The molecule has 0 bridgehead atoms. The summed E-state index contributed by atoms with van der Waals surface area (Å²) in [6.07, 6.45) is 4.73. The molecule has 0 saturated carbocycles. The van der Waals surface area contributed by atoms with Crippen LogP contribution < -0.4 is 11.1 Å². The maximum absolute atomic E-state index is 13.2. The van der Waals surface area contributed by atoms with E-state index in [2.05, 4.69) is 22.5 Å². The minimum Gasteiger partial charge on any atom is -0.341 e. The van der Waals surface area contributed by atoms with Crippen molar-refractivity contribution in [2.24, 2.45) is 18.7 Å². The van der Waals surface area contributed by atoms with Gasteiger partial charge in [0.05, 0.1) is 12.1 Å². The molecule has 0 spiro atoms. The zero-order chi connectivity index (χ0) is 17.6. The van der Waals surface area contributed by atoms with Crippen LogP contribution in [0.15, 0.2) is 42.7 Å². The standard InChI is InChI=1S/C19H27N5O/c1-23-14-16(11-22-23)17-12-21-13-18(17)19(25)24(10-8-20)9-7-15-5-3-2-4-6-15/h2-6,11,14,17-18,21H,7-10,12-13,20H2,1H3/t17-,18+/m1/s1. The van der Waals surface area contributed by atoms with Gasteiger partial charge in [-0.3, -0.25) is 9.48 Å². The Hall–Kier alpha value is -2.18. The number of nitrogens with zero attached hydrogens (tertiary/aromatic N) is 3. The summed E-state index contributed by atoms with van der Waals surface area (Å²) in [6, 6.07) is 10.3. The lowest BCUT2D eigenvalue weighted by Crippen LogP contribution is -2.42. The second-order valence-corrected chi connectivity index (χ2v) is 6.67. The molecule has 1 aromatic heterocycles. The van der Waals surface area contributed by atoms with E-state index in [4.69, 9.17) is 5.73 Å². The first-order valence-electron chi connectivity index (χ1n) is 8.91. The summed E-state index contributed by atoms with van der Waals surface area (Å²) in [7, 11) is 1.91. The summed E-state index contributed by atoms with van der Waals surface area (Å²) in [5.74, 6) is 0.324. The van der Waals surface area contributed by atoms with Gasteiger partial charge < -0.3 is 16.0 Å². The average molecular weight is 341 g/mol. The number of carbonyl (C=O) groups excluding carboxylic acids is 1. The molecule has 2 aromatic rings. The second-order valence-electron chi connectivity index (χ2n) is 6.67. The minimum absolute atomic E-state index is 0.0495. The molecule has 0 aliphatic carbocycles. The van der Waals surface area contributed by atoms with Crippen molar-refractivity contribution in [2.75, 3.05) is 32.7 Å². The lowest BCUT2D eigenvalue weighted by atomic mass is 9.89. The Kier molecular flexibility index (Phi) is 5.83. The first kappa shape index (κ1) is 17.6. The van der Waals surface area contributed by atoms with Crippen molar-refractivity contribution in [1.29, 1.82) is 0 Å². The van der Waals surface area contributed by atoms with E-state index in [1.807, 2.05) is 42.5 Å². The molecule has 0 unspecified atom stereocenters. The van der Waals surface area contributed by atoms with Crippen molar-refractivity contribution in [3.8, 4) is 0 Å². The molecular formula is C19H27N5O. The molecule has 0 radical (unpaired) electrons. The lowest BCUT2D eigenvalue weighted by molar-refractivity contribution is -0.135. The van der Waals surface area contributed by atoms with Gasteiger partial charge in [-0.15, -0.1) is 0 Å². The number of carbonyl (C=O) groups is 1. The van der Waals surface area contributed by atoms with E-state index < -0.39 is 0 Å². The molecule has 25 heavy (non-hydrogen) atoms. The monoisotopic (exact) mass is 341 g/mol. The van der Waals surface area contributed by atoms with E-state index in [0.29, 0.717) is 26.2 Å². The second kappa shape index (κ2) is 8.27. The molecule has 1 aliphatic rings. The molecule has 1 aliphatic heterocycles. The third-order valence-corrected chi connectivity index (χ3v) is 4.91.